The highest BCUT2D eigenvalue weighted by Gasteiger charge is 2.42. The van der Waals surface area contributed by atoms with E-state index in [2.05, 4.69) is 30.4 Å². The number of guanidine groups is 1. The Morgan fingerprint density at radius 3 is 2.82 bits per heavy atom. The summed E-state index contributed by atoms with van der Waals surface area (Å²) >= 11 is 6.22. The average Bonchev–Trinajstić information content (AvgIpc) is 3.18. The molecule has 9 heteroatoms. The second kappa shape index (κ2) is 9.39. The molecule has 2 N–H and O–H groups in total. The van der Waals surface area contributed by atoms with Crippen molar-refractivity contribution in [2.45, 2.75) is 44.1 Å². The quantitative estimate of drug-likeness (QED) is 0.366. The van der Waals surface area contributed by atoms with E-state index in [1.807, 2.05) is 6.92 Å². The Bertz CT molecular complexity index is 787. The zero-order chi connectivity index (χ0) is 18.8. The van der Waals surface area contributed by atoms with Gasteiger partial charge in [0.1, 0.15) is 18.0 Å². The van der Waals surface area contributed by atoms with Crippen LogP contribution in [0.2, 0.25) is 5.02 Å². The van der Waals surface area contributed by atoms with Crippen LogP contribution in [0, 0.1) is 5.82 Å². The molecule has 2 aromatic rings. The van der Waals surface area contributed by atoms with Gasteiger partial charge in [-0.2, -0.15) is 5.10 Å². The Morgan fingerprint density at radius 1 is 1.39 bits per heavy atom. The van der Waals surface area contributed by atoms with Gasteiger partial charge in [-0.15, -0.1) is 24.0 Å². The second-order valence-corrected chi connectivity index (χ2v) is 7.57. The van der Waals surface area contributed by atoms with Crippen molar-refractivity contribution in [1.82, 2.24) is 25.4 Å². The molecule has 1 aromatic carbocycles. The van der Waals surface area contributed by atoms with Crippen LogP contribution in [0.15, 0.2) is 29.5 Å². The van der Waals surface area contributed by atoms with Gasteiger partial charge in [0.2, 0.25) is 0 Å². The van der Waals surface area contributed by atoms with E-state index in [4.69, 9.17) is 11.6 Å². The SMILES string of the molecule is CCN=C(NC1CC1c1c(F)cccc1Cl)N1CCC(c2ncn[nH]2)CC1.I. The topological polar surface area (TPSA) is 69.2 Å². The Morgan fingerprint density at radius 2 is 2.18 bits per heavy atom. The molecule has 6 nitrogen and oxygen atoms in total. The van der Waals surface area contributed by atoms with Gasteiger partial charge in [-0.05, 0) is 38.3 Å². The van der Waals surface area contributed by atoms with Gasteiger partial charge in [0, 0.05) is 48.1 Å². The maximum absolute atomic E-state index is 14.2. The smallest absolute Gasteiger partial charge is 0.194 e. The van der Waals surface area contributed by atoms with Gasteiger partial charge < -0.3 is 10.2 Å². The standard InChI is InChI=1S/C19H24ClFN6.HI/c1-2-22-19(27-8-6-12(7-9-27)18-23-11-24-26-18)25-16-10-13(16)17-14(20)4-3-5-15(17)21;/h3-5,11-13,16H,2,6-10H2,1H3,(H,22,25)(H,23,24,26);1H. The van der Waals surface area contributed by atoms with E-state index in [-0.39, 0.29) is 41.8 Å². The van der Waals surface area contributed by atoms with E-state index in [0.29, 0.717) is 23.0 Å². The molecule has 152 valence electrons. The van der Waals surface area contributed by atoms with Gasteiger partial charge >= 0.3 is 0 Å². The lowest BCUT2D eigenvalue weighted by atomic mass is 9.96. The summed E-state index contributed by atoms with van der Waals surface area (Å²) in [7, 11) is 0. The maximum atomic E-state index is 14.2. The third kappa shape index (κ3) is 4.59. The number of halogens is 3. The van der Waals surface area contributed by atoms with Crippen molar-refractivity contribution in [1.29, 1.82) is 0 Å². The largest absolute Gasteiger partial charge is 0.353 e. The summed E-state index contributed by atoms with van der Waals surface area (Å²) in [6.07, 6.45) is 4.45. The number of likely N-dealkylation sites (tertiary alicyclic amines) is 1. The molecule has 2 unspecified atom stereocenters. The summed E-state index contributed by atoms with van der Waals surface area (Å²) in [6.45, 7) is 4.56. The van der Waals surface area contributed by atoms with Crippen LogP contribution in [0.5, 0.6) is 0 Å². The van der Waals surface area contributed by atoms with E-state index >= 15 is 0 Å². The van der Waals surface area contributed by atoms with Crippen LogP contribution in [0.25, 0.3) is 0 Å². The van der Waals surface area contributed by atoms with Crippen molar-refractivity contribution in [2.24, 2.45) is 4.99 Å². The Kier molecular flexibility index (Phi) is 7.14. The number of aromatic amines is 1. The Hall–Kier alpha value is -1.42. The predicted molar refractivity (Wildman–Crippen MR) is 119 cm³/mol. The van der Waals surface area contributed by atoms with Crippen molar-refractivity contribution in [2.75, 3.05) is 19.6 Å². The fourth-order valence-electron chi connectivity index (χ4n) is 3.87. The van der Waals surface area contributed by atoms with E-state index in [1.165, 1.54) is 6.07 Å². The first kappa shape index (κ1) is 21.3. The van der Waals surface area contributed by atoms with E-state index in [9.17, 15) is 4.39 Å². The number of H-pyrrole nitrogens is 1. The van der Waals surface area contributed by atoms with Crippen molar-refractivity contribution in [3.63, 3.8) is 0 Å². The highest BCUT2D eigenvalue weighted by Crippen LogP contribution is 2.45. The number of hydrogen-bond donors (Lipinski definition) is 2. The summed E-state index contributed by atoms with van der Waals surface area (Å²) in [5.74, 6) is 2.17. The number of aromatic nitrogens is 3. The molecule has 1 saturated carbocycles. The van der Waals surface area contributed by atoms with Crippen LogP contribution >= 0.6 is 35.6 Å². The highest BCUT2D eigenvalue weighted by atomic mass is 127. The molecular weight excluding hydrogens is 494 g/mol. The monoisotopic (exact) mass is 518 g/mol. The fourth-order valence-corrected chi connectivity index (χ4v) is 4.17. The molecule has 0 amide bonds. The van der Waals surface area contributed by atoms with Gasteiger partial charge in [-0.25, -0.2) is 9.37 Å². The Balaban J connectivity index is 0.00000225. The van der Waals surface area contributed by atoms with Gasteiger partial charge in [0.15, 0.2) is 5.96 Å². The fraction of sp³-hybridized carbons (Fsp3) is 0.526. The van der Waals surface area contributed by atoms with Crippen LogP contribution in [0.1, 0.15) is 49.4 Å². The lowest BCUT2D eigenvalue weighted by Crippen LogP contribution is -2.46. The molecule has 2 atom stereocenters. The maximum Gasteiger partial charge on any atom is 0.194 e. The van der Waals surface area contributed by atoms with Crippen LogP contribution < -0.4 is 5.32 Å². The van der Waals surface area contributed by atoms with Crippen molar-refractivity contribution in [3.8, 4) is 0 Å². The number of nitrogens with one attached hydrogen (secondary N) is 2. The van der Waals surface area contributed by atoms with Crippen molar-refractivity contribution >= 4 is 41.5 Å². The summed E-state index contributed by atoms with van der Waals surface area (Å²) in [5.41, 5.74) is 0.622. The van der Waals surface area contributed by atoms with Crippen LogP contribution in [0.4, 0.5) is 4.39 Å². The molecule has 2 heterocycles. The number of nitrogens with zero attached hydrogens (tertiary/aromatic N) is 4. The molecule has 2 aliphatic rings. The summed E-state index contributed by atoms with van der Waals surface area (Å²) < 4.78 is 14.2. The zero-order valence-corrected chi connectivity index (χ0v) is 18.8. The first-order chi connectivity index (χ1) is 13.2. The number of hydrogen-bond acceptors (Lipinski definition) is 3. The molecule has 2 fully saturated rings. The van der Waals surface area contributed by atoms with Crippen molar-refractivity contribution < 1.29 is 4.39 Å². The predicted octanol–water partition coefficient (Wildman–Crippen LogP) is 3.92. The second-order valence-electron chi connectivity index (χ2n) is 7.16. The number of piperidine rings is 1. The Labute approximate surface area is 186 Å². The van der Waals surface area contributed by atoms with E-state index < -0.39 is 0 Å². The summed E-state index contributed by atoms with van der Waals surface area (Å²) in [4.78, 5) is 11.2. The van der Waals surface area contributed by atoms with Crippen LogP contribution in [-0.4, -0.2) is 51.7 Å². The minimum Gasteiger partial charge on any atom is -0.353 e. The molecular formula is C19H25ClFIN6. The first-order valence-corrected chi connectivity index (χ1v) is 9.90. The number of benzene rings is 1. The first-order valence-electron chi connectivity index (χ1n) is 9.52. The molecule has 1 aliphatic carbocycles. The number of rotatable bonds is 4. The van der Waals surface area contributed by atoms with Crippen LogP contribution in [0.3, 0.4) is 0 Å². The minimum absolute atomic E-state index is 0. The molecule has 1 saturated heterocycles. The van der Waals surface area contributed by atoms with Gasteiger partial charge in [-0.3, -0.25) is 10.1 Å². The lowest BCUT2D eigenvalue weighted by molar-refractivity contribution is 0.298. The van der Waals surface area contributed by atoms with E-state index in [0.717, 1.165) is 44.1 Å². The summed E-state index contributed by atoms with van der Waals surface area (Å²) in [5, 5.41) is 11.0. The molecule has 1 aliphatic heterocycles. The molecule has 0 radical (unpaired) electrons. The van der Waals surface area contributed by atoms with E-state index in [1.54, 1.807) is 18.5 Å². The summed E-state index contributed by atoms with van der Waals surface area (Å²) in [6, 6.07) is 5.06. The van der Waals surface area contributed by atoms with Crippen LogP contribution in [-0.2, 0) is 0 Å². The third-order valence-corrected chi connectivity index (χ3v) is 5.73. The minimum atomic E-state index is -0.223. The van der Waals surface area contributed by atoms with Crippen molar-refractivity contribution in [3.05, 3.63) is 46.8 Å². The molecule has 1 aromatic heterocycles. The molecule has 28 heavy (non-hydrogen) atoms. The lowest BCUT2D eigenvalue weighted by Gasteiger charge is -2.33. The molecule has 0 spiro atoms. The average molecular weight is 519 g/mol. The zero-order valence-electron chi connectivity index (χ0n) is 15.7. The van der Waals surface area contributed by atoms with Gasteiger partial charge in [-0.1, -0.05) is 17.7 Å². The van der Waals surface area contributed by atoms with Gasteiger partial charge in [0.25, 0.3) is 0 Å². The normalized spacial score (nSPS) is 22.7. The highest BCUT2D eigenvalue weighted by molar-refractivity contribution is 14.0. The van der Waals surface area contributed by atoms with Gasteiger partial charge in [0.05, 0.1) is 0 Å². The molecule has 0 bridgehead atoms. The third-order valence-electron chi connectivity index (χ3n) is 5.40. The number of aliphatic imine (C=N–C) groups is 1. The molecule has 4 rings (SSSR count).